The van der Waals surface area contributed by atoms with Gasteiger partial charge in [0, 0.05) is 12.5 Å². The molecule has 0 unspecified atom stereocenters. The highest BCUT2D eigenvalue weighted by atomic mass is 35.5. The van der Waals surface area contributed by atoms with Crippen molar-refractivity contribution in [2.24, 2.45) is 5.73 Å². The summed E-state index contributed by atoms with van der Waals surface area (Å²) in [6.07, 6.45) is 1.37. The van der Waals surface area contributed by atoms with Crippen LogP contribution < -0.4 is 20.5 Å². The van der Waals surface area contributed by atoms with Gasteiger partial charge in [0.15, 0.2) is 17.3 Å². The fraction of sp³-hybridized carbons (Fsp3) is 0.526. The van der Waals surface area contributed by atoms with E-state index in [2.05, 4.69) is 15.4 Å². The number of methoxy groups -OCH3 is 2. The van der Waals surface area contributed by atoms with Crippen molar-refractivity contribution in [1.29, 1.82) is 0 Å². The molecular weight excluding hydrogens is 382 g/mol. The Morgan fingerprint density at radius 2 is 1.93 bits per heavy atom. The molecule has 28 heavy (non-hydrogen) atoms. The number of benzene rings is 1. The largest absolute Gasteiger partial charge is 0.493 e. The fourth-order valence-electron chi connectivity index (χ4n) is 2.66. The van der Waals surface area contributed by atoms with Crippen molar-refractivity contribution in [3.05, 3.63) is 35.4 Å². The van der Waals surface area contributed by atoms with Crippen molar-refractivity contribution in [3.63, 3.8) is 0 Å². The van der Waals surface area contributed by atoms with Gasteiger partial charge in [0.2, 0.25) is 5.91 Å². The van der Waals surface area contributed by atoms with E-state index >= 15 is 0 Å². The van der Waals surface area contributed by atoms with E-state index in [1.165, 1.54) is 0 Å². The highest BCUT2D eigenvalue weighted by Crippen LogP contribution is 2.28. The second-order valence-corrected chi connectivity index (χ2v) is 6.58. The summed E-state index contributed by atoms with van der Waals surface area (Å²) >= 11 is 0. The van der Waals surface area contributed by atoms with Gasteiger partial charge >= 0.3 is 0 Å². The van der Waals surface area contributed by atoms with Gasteiger partial charge in [0.05, 0.1) is 20.3 Å². The molecule has 1 amide bonds. The Morgan fingerprint density at radius 3 is 2.50 bits per heavy atom. The molecule has 0 aliphatic rings. The number of hydrogen-bond acceptors (Lipinski definition) is 6. The molecule has 0 fully saturated rings. The van der Waals surface area contributed by atoms with Gasteiger partial charge in [0.25, 0.3) is 0 Å². The number of nitrogens with one attached hydrogen (secondary N) is 1. The summed E-state index contributed by atoms with van der Waals surface area (Å²) in [5.41, 5.74) is 6.99. The van der Waals surface area contributed by atoms with E-state index in [4.69, 9.17) is 15.2 Å². The average Bonchev–Trinajstić information content (AvgIpc) is 3.03. The van der Waals surface area contributed by atoms with E-state index in [0.717, 1.165) is 12.0 Å². The minimum atomic E-state index is -0.326. The Morgan fingerprint density at radius 1 is 1.25 bits per heavy atom. The predicted octanol–water partition coefficient (Wildman–Crippen LogP) is 2.24. The normalized spacial score (nSPS) is 12.6. The second-order valence-electron chi connectivity index (χ2n) is 6.58. The maximum absolute atomic E-state index is 12.2. The van der Waals surface area contributed by atoms with E-state index in [-0.39, 0.29) is 36.9 Å². The van der Waals surface area contributed by atoms with Crippen molar-refractivity contribution < 1.29 is 14.3 Å². The molecule has 0 aliphatic carbocycles. The van der Waals surface area contributed by atoms with Crippen molar-refractivity contribution in [3.8, 4) is 11.5 Å². The fourth-order valence-corrected chi connectivity index (χ4v) is 2.66. The number of rotatable bonds is 9. The highest BCUT2D eigenvalue weighted by Gasteiger charge is 2.17. The van der Waals surface area contributed by atoms with Crippen LogP contribution in [-0.2, 0) is 17.8 Å². The van der Waals surface area contributed by atoms with Crippen LogP contribution in [-0.4, -0.2) is 40.9 Å². The molecule has 156 valence electrons. The monoisotopic (exact) mass is 411 g/mol. The summed E-state index contributed by atoms with van der Waals surface area (Å²) in [4.78, 5) is 16.7. The van der Waals surface area contributed by atoms with Crippen LogP contribution in [0.2, 0.25) is 0 Å². The van der Waals surface area contributed by atoms with E-state index < -0.39 is 0 Å². The number of carbonyl (C=O) groups excluding carboxylic acids is 1. The third kappa shape index (κ3) is 6.10. The molecule has 1 aromatic carbocycles. The Labute approximate surface area is 172 Å². The van der Waals surface area contributed by atoms with Crippen LogP contribution in [0.25, 0.3) is 0 Å². The van der Waals surface area contributed by atoms with Crippen LogP contribution in [0.4, 0.5) is 0 Å². The van der Waals surface area contributed by atoms with E-state index in [9.17, 15) is 4.79 Å². The van der Waals surface area contributed by atoms with Crippen molar-refractivity contribution in [2.75, 3.05) is 14.2 Å². The molecule has 3 N–H and O–H groups in total. The van der Waals surface area contributed by atoms with E-state index in [1.54, 1.807) is 18.9 Å². The summed E-state index contributed by atoms with van der Waals surface area (Å²) in [5, 5.41) is 7.42. The van der Waals surface area contributed by atoms with Gasteiger partial charge in [-0.2, -0.15) is 5.10 Å². The molecule has 0 saturated carbocycles. The van der Waals surface area contributed by atoms with Gasteiger partial charge in [-0.25, -0.2) is 9.67 Å². The zero-order valence-electron chi connectivity index (χ0n) is 17.1. The number of halogens is 1. The Kier molecular flexibility index (Phi) is 9.21. The van der Waals surface area contributed by atoms with E-state index in [0.29, 0.717) is 29.6 Å². The topological polar surface area (TPSA) is 104 Å². The maximum Gasteiger partial charge on any atom is 0.242 e. The molecule has 0 spiro atoms. The van der Waals surface area contributed by atoms with Crippen molar-refractivity contribution in [2.45, 2.75) is 52.2 Å². The van der Waals surface area contributed by atoms with Gasteiger partial charge < -0.3 is 20.5 Å². The predicted molar refractivity (Wildman–Crippen MR) is 110 cm³/mol. The van der Waals surface area contributed by atoms with Gasteiger partial charge in [-0.3, -0.25) is 4.79 Å². The number of carbonyl (C=O) groups is 1. The van der Waals surface area contributed by atoms with Crippen molar-refractivity contribution in [1.82, 2.24) is 20.1 Å². The lowest BCUT2D eigenvalue weighted by molar-refractivity contribution is -0.122. The van der Waals surface area contributed by atoms with Crippen LogP contribution in [0.1, 0.15) is 50.4 Å². The van der Waals surface area contributed by atoms with Crippen LogP contribution in [0, 0.1) is 0 Å². The molecule has 8 nitrogen and oxygen atoms in total. The highest BCUT2D eigenvalue weighted by molar-refractivity contribution is 5.85. The zero-order chi connectivity index (χ0) is 20.0. The molecule has 2 atom stereocenters. The maximum atomic E-state index is 12.2. The molecule has 2 rings (SSSR count). The zero-order valence-corrected chi connectivity index (χ0v) is 17.9. The lowest BCUT2D eigenvalue weighted by atomic mass is 10.1. The lowest BCUT2D eigenvalue weighted by Gasteiger charge is -2.12. The molecular formula is C19H30ClN5O3. The number of amides is 1. The van der Waals surface area contributed by atoms with Crippen LogP contribution >= 0.6 is 12.4 Å². The summed E-state index contributed by atoms with van der Waals surface area (Å²) in [7, 11) is 3.19. The third-order valence-corrected chi connectivity index (χ3v) is 4.27. The molecule has 9 heteroatoms. The van der Waals surface area contributed by atoms with E-state index in [1.807, 2.05) is 39.0 Å². The van der Waals surface area contributed by atoms with Gasteiger partial charge in [0.1, 0.15) is 12.4 Å². The van der Waals surface area contributed by atoms with Crippen LogP contribution in [0.3, 0.4) is 0 Å². The Balaban J connectivity index is 0.00000392. The first-order valence-electron chi connectivity index (χ1n) is 9.07. The van der Waals surface area contributed by atoms with Crippen molar-refractivity contribution >= 4 is 18.3 Å². The number of hydrogen-bond donors (Lipinski definition) is 2. The van der Waals surface area contributed by atoms with Gasteiger partial charge in [-0.15, -0.1) is 12.4 Å². The molecule has 0 saturated heterocycles. The first-order chi connectivity index (χ1) is 12.9. The molecule has 1 aromatic heterocycles. The quantitative estimate of drug-likeness (QED) is 0.655. The SMILES string of the molecule is CC[C@H](C)NC(=O)Cn1nc(Cc2ccc(OC)c(OC)c2)nc1[C@@H](C)N.Cl. The average molecular weight is 412 g/mol. The van der Waals surface area contributed by atoms with Gasteiger partial charge in [-0.1, -0.05) is 13.0 Å². The minimum Gasteiger partial charge on any atom is -0.493 e. The summed E-state index contributed by atoms with van der Waals surface area (Å²) in [5.74, 6) is 2.40. The first-order valence-corrected chi connectivity index (χ1v) is 9.07. The lowest BCUT2D eigenvalue weighted by Crippen LogP contribution is -2.35. The smallest absolute Gasteiger partial charge is 0.242 e. The Hall–Kier alpha value is -2.32. The standard InChI is InChI=1S/C19H29N5O3.ClH/c1-6-12(2)21-18(25)11-24-19(13(3)20)22-17(23-24)10-14-7-8-15(26-4)16(9-14)27-5;/h7-9,12-13H,6,10-11,20H2,1-5H3,(H,21,25);1H/t12-,13+;/m0./s1. The van der Waals surface area contributed by atoms with Crippen LogP contribution in [0.5, 0.6) is 11.5 Å². The molecule has 0 bridgehead atoms. The minimum absolute atomic E-state index is 0. The summed E-state index contributed by atoms with van der Waals surface area (Å²) < 4.78 is 12.2. The van der Waals surface area contributed by atoms with Crippen LogP contribution in [0.15, 0.2) is 18.2 Å². The number of ether oxygens (including phenoxy) is 2. The molecule has 0 radical (unpaired) electrons. The molecule has 0 aliphatic heterocycles. The summed E-state index contributed by atoms with van der Waals surface area (Å²) in [6.45, 7) is 5.91. The number of aromatic nitrogens is 3. The second kappa shape index (κ2) is 10.9. The third-order valence-electron chi connectivity index (χ3n) is 4.27. The Bertz CT molecular complexity index is 779. The molecule has 2 aromatic rings. The number of nitrogens with two attached hydrogens (primary N) is 1. The first kappa shape index (κ1) is 23.7. The molecule has 1 heterocycles. The number of nitrogens with zero attached hydrogens (tertiary/aromatic N) is 3. The van der Waals surface area contributed by atoms with Gasteiger partial charge in [-0.05, 0) is 38.0 Å². The summed E-state index contributed by atoms with van der Waals surface area (Å²) in [6, 6.07) is 5.46.